The molecule has 0 radical (unpaired) electrons. The molecule has 96 valence electrons. The van der Waals surface area contributed by atoms with Crippen molar-refractivity contribution in [1.29, 1.82) is 5.26 Å². The van der Waals surface area contributed by atoms with Gasteiger partial charge in [0.15, 0.2) is 0 Å². The van der Waals surface area contributed by atoms with Crippen LogP contribution in [0.1, 0.15) is 23.6 Å². The summed E-state index contributed by atoms with van der Waals surface area (Å²) in [6, 6.07) is 5.60. The number of methoxy groups -OCH3 is 1. The lowest BCUT2D eigenvalue weighted by Gasteiger charge is -2.11. The number of benzene rings is 1. The van der Waals surface area contributed by atoms with Crippen molar-refractivity contribution in [3.05, 3.63) is 28.8 Å². The van der Waals surface area contributed by atoms with E-state index >= 15 is 0 Å². The van der Waals surface area contributed by atoms with Crippen molar-refractivity contribution in [2.45, 2.75) is 18.7 Å². The predicted molar refractivity (Wildman–Crippen MR) is 70.7 cm³/mol. The molecule has 0 saturated carbocycles. The van der Waals surface area contributed by atoms with E-state index in [4.69, 9.17) is 9.47 Å². The fraction of sp³-hybridized carbons (Fsp3) is 0.385. The van der Waals surface area contributed by atoms with Gasteiger partial charge in [0.2, 0.25) is 0 Å². The van der Waals surface area contributed by atoms with E-state index in [2.05, 4.69) is 22.0 Å². The van der Waals surface area contributed by atoms with Gasteiger partial charge in [0, 0.05) is 10.9 Å². The molecule has 4 nitrogen and oxygen atoms in total. The average molecular weight is 312 g/mol. The monoisotopic (exact) mass is 311 g/mol. The first kappa shape index (κ1) is 14.5. The zero-order valence-electron chi connectivity index (χ0n) is 10.3. The number of nitrogens with zero attached hydrogens (tertiary/aromatic N) is 1. The Morgan fingerprint density at radius 1 is 1.50 bits per heavy atom. The van der Waals surface area contributed by atoms with Gasteiger partial charge in [-0.05, 0) is 18.6 Å². The van der Waals surface area contributed by atoms with Crippen LogP contribution in [0.4, 0.5) is 0 Å². The second kappa shape index (κ2) is 7.02. The lowest BCUT2D eigenvalue weighted by molar-refractivity contribution is -0.142. The number of carbonyl (C=O) groups excluding carboxylic acids is 1. The molecule has 0 bridgehead atoms. The van der Waals surface area contributed by atoms with Crippen molar-refractivity contribution in [2.24, 2.45) is 0 Å². The Hall–Kier alpha value is -1.54. The van der Waals surface area contributed by atoms with E-state index in [1.165, 1.54) is 0 Å². The van der Waals surface area contributed by atoms with Crippen LogP contribution in [0.25, 0.3) is 0 Å². The molecular weight excluding hydrogens is 298 g/mol. The molecule has 18 heavy (non-hydrogen) atoms. The highest BCUT2D eigenvalue weighted by molar-refractivity contribution is 9.08. The Balaban J connectivity index is 3.14. The minimum atomic E-state index is -0.334. The summed E-state index contributed by atoms with van der Waals surface area (Å²) in [4.78, 5) is 11.5. The molecule has 0 N–H and O–H groups in total. The summed E-state index contributed by atoms with van der Waals surface area (Å²) in [7, 11) is 1.55. The lowest BCUT2D eigenvalue weighted by Crippen LogP contribution is -2.10. The molecule has 0 atom stereocenters. The molecule has 0 saturated heterocycles. The van der Waals surface area contributed by atoms with Crippen LogP contribution in [0.15, 0.2) is 12.1 Å². The van der Waals surface area contributed by atoms with Crippen LogP contribution in [0.3, 0.4) is 0 Å². The molecule has 0 aliphatic heterocycles. The Bertz CT molecular complexity index is 480. The van der Waals surface area contributed by atoms with Gasteiger partial charge < -0.3 is 9.47 Å². The van der Waals surface area contributed by atoms with E-state index in [0.29, 0.717) is 28.8 Å². The molecule has 1 aromatic carbocycles. The van der Waals surface area contributed by atoms with Crippen LogP contribution in [-0.4, -0.2) is 19.7 Å². The van der Waals surface area contributed by atoms with Gasteiger partial charge in [0.05, 0.1) is 31.8 Å². The maximum atomic E-state index is 11.5. The van der Waals surface area contributed by atoms with E-state index < -0.39 is 0 Å². The van der Waals surface area contributed by atoms with E-state index in [9.17, 15) is 10.1 Å². The summed E-state index contributed by atoms with van der Waals surface area (Å²) in [5.74, 6) is 0.302. The highest BCUT2D eigenvalue weighted by Crippen LogP contribution is 2.27. The van der Waals surface area contributed by atoms with Gasteiger partial charge in [-0.25, -0.2) is 0 Å². The van der Waals surface area contributed by atoms with Crippen molar-refractivity contribution < 1.29 is 14.3 Å². The first-order valence-corrected chi connectivity index (χ1v) is 6.60. The lowest BCUT2D eigenvalue weighted by atomic mass is 9.99. The molecule has 0 aliphatic carbocycles. The molecule has 0 spiro atoms. The Kier molecular flexibility index (Phi) is 5.66. The molecule has 5 heteroatoms. The number of hydrogen-bond donors (Lipinski definition) is 0. The number of rotatable bonds is 5. The van der Waals surface area contributed by atoms with Crippen LogP contribution in [0.5, 0.6) is 5.75 Å². The summed E-state index contributed by atoms with van der Waals surface area (Å²) >= 11 is 3.32. The average Bonchev–Trinajstić information content (AvgIpc) is 2.38. The van der Waals surface area contributed by atoms with Crippen LogP contribution >= 0.6 is 15.9 Å². The van der Waals surface area contributed by atoms with Crippen LogP contribution in [0, 0.1) is 11.3 Å². The smallest absolute Gasteiger partial charge is 0.310 e. The van der Waals surface area contributed by atoms with Gasteiger partial charge in [0.25, 0.3) is 0 Å². The van der Waals surface area contributed by atoms with Crippen molar-refractivity contribution in [3.8, 4) is 11.8 Å². The first-order chi connectivity index (χ1) is 8.67. The fourth-order valence-corrected chi connectivity index (χ4v) is 2.21. The molecule has 0 unspecified atom stereocenters. The normalized spacial score (nSPS) is 9.67. The minimum absolute atomic E-state index is 0.0979. The maximum Gasteiger partial charge on any atom is 0.310 e. The zero-order chi connectivity index (χ0) is 13.5. The maximum absolute atomic E-state index is 11.5. The molecule has 0 amide bonds. The van der Waals surface area contributed by atoms with Gasteiger partial charge >= 0.3 is 5.97 Å². The summed E-state index contributed by atoms with van der Waals surface area (Å²) in [5.41, 5.74) is 1.88. The Labute approximate surface area is 115 Å². The highest BCUT2D eigenvalue weighted by atomic mass is 79.9. The standard InChI is InChI=1S/C13H14BrNO3/c1-3-18-13(16)6-9-4-5-12(17-2)10(7-14)11(9)8-15/h4-5H,3,6-7H2,1-2H3. The molecule has 1 aromatic rings. The van der Waals surface area contributed by atoms with E-state index in [-0.39, 0.29) is 12.4 Å². The van der Waals surface area contributed by atoms with Crippen molar-refractivity contribution in [3.63, 3.8) is 0 Å². The fourth-order valence-electron chi connectivity index (χ4n) is 1.66. The summed E-state index contributed by atoms with van der Waals surface area (Å²) in [5, 5.41) is 9.71. The second-order valence-electron chi connectivity index (χ2n) is 3.51. The largest absolute Gasteiger partial charge is 0.496 e. The number of nitriles is 1. The van der Waals surface area contributed by atoms with E-state index in [1.807, 2.05) is 0 Å². The quantitative estimate of drug-likeness (QED) is 0.619. The van der Waals surface area contributed by atoms with Crippen LogP contribution in [0.2, 0.25) is 0 Å². The molecule has 0 heterocycles. The molecule has 1 rings (SSSR count). The van der Waals surface area contributed by atoms with Gasteiger partial charge in [-0.1, -0.05) is 22.0 Å². The minimum Gasteiger partial charge on any atom is -0.496 e. The molecule has 0 aromatic heterocycles. The highest BCUT2D eigenvalue weighted by Gasteiger charge is 2.15. The van der Waals surface area contributed by atoms with Gasteiger partial charge in [-0.2, -0.15) is 5.26 Å². The molecule has 0 aliphatic rings. The first-order valence-electron chi connectivity index (χ1n) is 5.48. The van der Waals surface area contributed by atoms with Gasteiger partial charge in [-0.3, -0.25) is 4.79 Å². The number of alkyl halides is 1. The second-order valence-corrected chi connectivity index (χ2v) is 4.07. The van der Waals surface area contributed by atoms with Crippen molar-refractivity contribution >= 4 is 21.9 Å². The molecular formula is C13H14BrNO3. The third-order valence-corrected chi connectivity index (χ3v) is 3.02. The van der Waals surface area contributed by atoms with Gasteiger partial charge in [-0.15, -0.1) is 0 Å². The van der Waals surface area contributed by atoms with Crippen molar-refractivity contribution in [2.75, 3.05) is 13.7 Å². The Morgan fingerprint density at radius 2 is 2.22 bits per heavy atom. The Morgan fingerprint density at radius 3 is 2.72 bits per heavy atom. The predicted octanol–water partition coefficient (Wildman–Crippen LogP) is 2.57. The zero-order valence-corrected chi connectivity index (χ0v) is 11.9. The van der Waals surface area contributed by atoms with E-state index in [0.717, 1.165) is 5.56 Å². The van der Waals surface area contributed by atoms with Gasteiger partial charge in [0.1, 0.15) is 5.75 Å². The van der Waals surface area contributed by atoms with Crippen molar-refractivity contribution in [1.82, 2.24) is 0 Å². The number of carbonyl (C=O) groups is 1. The molecule has 0 fully saturated rings. The van der Waals surface area contributed by atoms with Crippen LogP contribution in [-0.2, 0) is 21.3 Å². The topological polar surface area (TPSA) is 59.3 Å². The third kappa shape index (κ3) is 3.23. The summed E-state index contributed by atoms with van der Waals surface area (Å²) in [6.45, 7) is 2.09. The third-order valence-electron chi connectivity index (χ3n) is 2.46. The number of halogens is 1. The SMILES string of the molecule is CCOC(=O)Cc1ccc(OC)c(CBr)c1C#N. The van der Waals surface area contributed by atoms with E-state index in [1.54, 1.807) is 26.2 Å². The number of hydrogen-bond acceptors (Lipinski definition) is 4. The number of ether oxygens (including phenoxy) is 2. The summed E-state index contributed by atoms with van der Waals surface area (Å²) < 4.78 is 10.1. The summed E-state index contributed by atoms with van der Waals surface area (Å²) in [6.07, 6.45) is 0.0979. The van der Waals surface area contributed by atoms with Crippen LogP contribution < -0.4 is 4.74 Å². The number of esters is 1.